The predicted octanol–water partition coefficient (Wildman–Crippen LogP) is 1.86. The average molecular weight is 375 g/mol. The van der Waals surface area contributed by atoms with Crippen molar-refractivity contribution in [1.82, 2.24) is 5.32 Å². The van der Waals surface area contributed by atoms with Gasteiger partial charge in [-0.1, -0.05) is 69.9 Å². The molecule has 2 unspecified atom stereocenters. The number of carbonyl (C=O) groups excluding carboxylic acids is 3. The Hall–Kier alpha value is -2.21. The Kier molecular flexibility index (Phi) is 10.3. The Morgan fingerprint density at radius 3 is 2.37 bits per heavy atom. The van der Waals surface area contributed by atoms with E-state index in [0.29, 0.717) is 18.8 Å². The molecule has 149 valence electrons. The number of unbranched alkanes of at least 4 members (excludes halogenated alkanes) is 1. The molecule has 1 aromatic rings. The van der Waals surface area contributed by atoms with Gasteiger partial charge < -0.3 is 16.8 Å². The topological polar surface area (TPSA) is 115 Å². The zero-order valence-corrected chi connectivity index (χ0v) is 16.3. The van der Waals surface area contributed by atoms with E-state index in [4.69, 9.17) is 11.5 Å². The summed E-state index contributed by atoms with van der Waals surface area (Å²) in [6, 6.07) is 7.41. The monoisotopic (exact) mass is 374 g/mol. The van der Waals surface area contributed by atoms with Gasteiger partial charge in [-0.3, -0.25) is 14.4 Å². The van der Waals surface area contributed by atoms with Crippen molar-refractivity contribution in [3.05, 3.63) is 35.9 Å². The molecule has 0 spiro atoms. The van der Waals surface area contributed by atoms with Gasteiger partial charge in [0, 0.05) is 6.42 Å². The minimum Gasteiger partial charge on any atom is -0.369 e. The smallest absolute Gasteiger partial charge is 0.238 e. The Balaban J connectivity index is 2.73. The van der Waals surface area contributed by atoms with Crippen LogP contribution in [0, 0.1) is 11.8 Å². The SMILES string of the molecule is CCCCC(CC)CC(C(N)=O)[C@H](N)C(=O)N[C@H]([C]=O)Cc1ccccc1. The summed E-state index contributed by atoms with van der Waals surface area (Å²) >= 11 is 0. The molecule has 0 bridgehead atoms. The Morgan fingerprint density at radius 2 is 1.85 bits per heavy atom. The molecule has 0 aliphatic carbocycles. The van der Waals surface area contributed by atoms with E-state index in [2.05, 4.69) is 19.2 Å². The van der Waals surface area contributed by atoms with Crippen LogP contribution >= 0.6 is 0 Å². The van der Waals surface area contributed by atoms with Crippen molar-refractivity contribution in [2.45, 2.75) is 64.5 Å². The number of amides is 2. The number of nitrogens with two attached hydrogens (primary N) is 2. The van der Waals surface area contributed by atoms with Crippen molar-refractivity contribution < 1.29 is 14.4 Å². The van der Waals surface area contributed by atoms with Crippen LogP contribution in [0.15, 0.2) is 30.3 Å². The van der Waals surface area contributed by atoms with E-state index < -0.39 is 29.8 Å². The molecular weight excluding hydrogens is 342 g/mol. The summed E-state index contributed by atoms with van der Waals surface area (Å²) < 4.78 is 0. The Bertz CT molecular complexity index is 592. The van der Waals surface area contributed by atoms with Crippen LogP contribution in [0.4, 0.5) is 0 Å². The largest absolute Gasteiger partial charge is 0.369 e. The number of benzene rings is 1. The summed E-state index contributed by atoms with van der Waals surface area (Å²) in [6.45, 7) is 4.17. The van der Waals surface area contributed by atoms with E-state index in [1.54, 1.807) is 0 Å². The molecule has 6 heteroatoms. The summed E-state index contributed by atoms with van der Waals surface area (Å²) in [5, 5.41) is 2.59. The summed E-state index contributed by atoms with van der Waals surface area (Å²) in [5.74, 6) is -1.59. The van der Waals surface area contributed by atoms with Crippen molar-refractivity contribution in [1.29, 1.82) is 0 Å². The highest BCUT2D eigenvalue weighted by atomic mass is 16.2. The van der Waals surface area contributed by atoms with Gasteiger partial charge in [0.2, 0.25) is 18.1 Å². The van der Waals surface area contributed by atoms with Crippen LogP contribution in [0.3, 0.4) is 0 Å². The average Bonchev–Trinajstić information content (AvgIpc) is 2.67. The second-order valence-corrected chi connectivity index (χ2v) is 7.06. The molecule has 0 saturated heterocycles. The van der Waals surface area contributed by atoms with E-state index in [9.17, 15) is 14.4 Å². The third kappa shape index (κ3) is 7.91. The molecule has 5 N–H and O–H groups in total. The first-order valence-electron chi connectivity index (χ1n) is 9.69. The van der Waals surface area contributed by atoms with Gasteiger partial charge in [0.1, 0.15) is 0 Å². The highest BCUT2D eigenvalue weighted by Gasteiger charge is 2.32. The van der Waals surface area contributed by atoms with Crippen molar-refractivity contribution in [2.75, 3.05) is 0 Å². The fourth-order valence-corrected chi connectivity index (χ4v) is 3.20. The molecule has 6 nitrogen and oxygen atoms in total. The first-order valence-corrected chi connectivity index (χ1v) is 9.69. The number of primary amides is 1. The molecule has 0 fully saturated rings. The lowest BCUT2D eigenvalue weighted by Crippen LogP contribution is -2.53. The molecule has 1 radical (unpaired) electrons. The summed E-state index contributed by atoms with van der Waals surface area (Å²) in [5.41, 5.74) is 12.5. The highest BCUT2D eigenvalue weighted by Crippen LogP contribution is 2.23. The van der Waals surface area contributed by atoms with Gasteiger partial charge in [-0.15, -0.1) is 0 Å². The fourth-order valence-electron chi connectivity index (χ4n) is 3.20. The van der Waals surface area contributed by atoms with Crippen LogP contribution in [0.2, 0.25) is 0 Å². The zero-order valence-electron chi connectivity index (χ0n) is 16.3. The fraction of sp³-hybridized carbons (Fsp3) is 0.571. The molecule has 1 aromatic carbocycles. The van der Waals surface area contributed by atoms with E-state index in [-0.39, 0.29) is 0 Å². The van der Waals surface area contributed by atoms with Crippen molar-refractivity contribution in [2.24, 2.45) is 23.3 Å². The third-order valence-electron chi connectivity index (χ3n) is 4.97. The minimum absolute atomic E-state index is 0.291. The van der Waals surface area contributed by atoms with Crippen LogP contribution in [-0.2, 0) is 20.8 Å². The molecule has 0 aliphatic heterocycles. The van der Waals surface area contributed by atoms with Crippen LogP contribution in [0.5, 0.6) is 0 Å². The lowest BCUT2D eigenvalue weighted by atomic mass is 9.84. The zero-order chi connectivity index (χ0) is 20.2. The van der Waals surface area contributed by atoms with Gasteiger partial charge in [0.15, 0.2) is 0 Å². The molecule has 4 atom stereocenters. The maximum Gasteiger partial charge on any atom is 0.238 e. The van der Waals surface area contributed by atoms with Gasteiger partial charge in [-0.2, -0.15) is 0 Å². The molecule has 0 saturated carbocycles. The van der Waals surface area contributed by atoms with Crippen LogP contribution in [-0.4, -0.2) is 30.2 Å². The first-order chi connectivity index (χ1) is 12.9. The molecule has 27 heavy (non-hydrogen) atoms. The van der Waals surface area contributed by atoms with E-state index >= 15 is 0 Å². The van der Waals surface area contributed by atoms with Crippen molar-refractivity contribution in [3.63, 3.8) is 0 Å². The Labute approximate surface area is 162 Å². The van der Waals surface area contributed by atoms with Gasteiger partial charge >= 0.3 is 0 Å². The van der Waals surface area contributed by atoms with Crippen LogP contribution in [0.1, 0.15) is 51.5 Å². The standard InChI is InChI=1S/C21H32N3O3/c1-3-5-9-15(4-2)13-18(20(23)26)19(22)21(27)24-17(14-25)12-16-10-7-6-8-11-16/h6-8,10-11,15,17-19H,3-5,9,12-13,22H2,1-2H3,(H2,23,26)(H,24,27)/t15?,17-,18?,19-/m0/s1. The maximum absolute atomic E-state index is 12.5. The third-order valence-corrected chi connectivity index (χ3v) is 4.97. The van der Waals surface area contributed by atoms with Crippen LogP contribution in [0.25, 0.3) is 0 Å². The van der Waals surface area contributed by atoms with Gasteiger partial charge in [-0.05, 0) is 17.9 Å². The number of carbonyl (C=O) groups is 2. The van der Waals surface area contributed by atoms with E-state index in [1.807, 2.05) is 36.6 Å². The second-order valence-electron chi connectivity index (χ2n) is 7.06. The lowest BCUT2D eigenvalue weighted by Gasteiger charge is -2.25. The minimum atomic E-state index is -1.08. The quantitative estimate of drug-likeness (QED) is 0.489. The molecular formula is C21H32N3O3. The lowest BCUT2D eigenvalue weighted by molar-refractivity contribution is -0.130. The van der Waals surface area contributed by atoms with Gasteiger partial charge in [0.25, 0.3) is 0 Å². The normalized spacial score (nSPS) is 15.4. The first kappa shape index (κ1) is 22.8. The number of hydrogen-bond donors (Lipinski definition) is 3. The van der Waals surface area contributed by atoms with Gasteiger partial charge in [0.05, 0.1) is 18.0 Å². The molecule has 1 rings (SSSR count). The molecule has 0 aliphatic rings. The van der Waals surface area contributed by atoms with Crippen molar-refractivity contribution in [3.8, 4) is 0 Å². The number of hydrogen-bond acceptors (Lipinski definition) is 4. The highest BCUT2D eigenvalue weighted by molar-refractivity contribution is 5.90. The molecule has 0 heterocycles. The maximum atomic E-state index is 12.5. The Morgan fingerprint density at radius 1 is 1.19 bits per heavy atom. The molecule has 0 aromatic heterocycles. The summed E-state index contributed by atoms with van der Waals surface area (Å²) in [6.07, 6.45) is 6.63. The predicted molar refractivity (Wildman–Crippen MR) is 106 cm³/mol. The summed E-state index contributed by atoms with van der Waals surface area (Å²) in [4.78, 5) is 35.7. The van der Waals surface area contributed by atoms with Gasteiger partial charge in [-0.25, -0.2) is 0 Å². The van der Waals surface area contributed by atoms with E-state index in [1.165, 1.54) is 0 Å². The van der Waals surface area contributed by atoms with Crippen molar-refractivity contribution >= 4 is 18.1 Å². The number of rotatable bonds is 13. The summed E-state index contributed by atoms with van der Waals surface area (Å²) in [7, 11) is 0. The number of nitrogens with one attached hydrogen (secondary N) is 1. The molecule has 2 amide bonds. The van der Waals surface area contributed by atoms with E-state index in [0.717, 1.165) is 31.2 Å². The second kappa shape index (κ2) is 12.2. The van der Waals surface area contributed by atoms with Crippen LogP contribution < -0.4 is 16.8 Å².